The number of piperazine rings is 1. The number of likely N-dealkylation sites (tertiary alicyclic amines) is 1. The van der Waals surface area contributed by atoms with E-state index in [1.54, 1.807) is 12.3 Å². The Labute approximate surface area is 196 Å². The third-order valence-corrected chi connectivity index (χ3v) is 7.10. The van der Waals surface area contributed by atoms with Crippen LogP contribution in [0.3, 0.4) is 0 Å². The zero-order valence-electron chi connectivity index (χ0n) is 18.1. The number of amides is 2. The molecule has 0 N–H and O–H groups in total. The minimum absolute atomic E-state index is 0.0119. The maximum absolute atomic E-state index is 12.9. The summed E-state index contributed by atoms with van der Waals surface area (Å²) in [7, 11) is 0. The van der Waals surface area contributed by atoms with Gasteiger partial charge in [-0.15, -0.1) is 11.3 Å². The Morgan fingerprint density at radius 3 is 2.36 bits per heavy atom. The molecule has 3 aromatic rings. The summed E-state index contributed by atoms with van der Waals surface area (Å²) >= 11 is 1.38. The molecule has 1 aromatic heterocycles. The molecule has 33 heavy (non-hydrogen) atoms. The molecular formula is C25H23N5O2S. The summed E-state index contributed by atoms with van der Waals surface area (Å²) in [6.07, 6.45) is 1.66. The van der Waals surface area contributed by atoms with Crippen LogP contribution in [-0.2, 0) is 0 Å². The fourth-order valence-corrected chi connectivity index (χ4v) is 4.96. The number of carbonyl (C=O) groups is 2. The molecule has 2 aromatic carbocycles. The number of thiazole rings is 1. The lowest BCUT2D eigenvalue weighted by molar-refractivity contribution is 0.00853. The van der Waals surface area contributed by atoms with Crippen LogP contribution in [0.1, 0.15) is 25.7 Å². The highest BCUT2D eigenvalue weighted by atomic mass is 32.1. The Balaban J connectivity index is 1.13. The molecule has 2 aliphatic heterocycles. The second-order valence-electron chi connectivity index (χ2n) is 8.30. The van der Waals surface area contributed by atoms with Crippen LogP contribution in [0.25, 0.3) is 11.1 Å². The van der Waals surface area contributed by atoms with Crippen molar-refractivity contribution in [2.75, 3.05) is 39.3 Å². The first kappa shape index (κ1) is 21.3. The standard InChI is InChI=1S/C25H23N5O2S/c26-15-18-2-1-3-21(14-18)19-4-6-20(7-5-19)24(31)30-16-22(17-30)28-9-11-29(12-10-28)25(32)23-27-8-13-33-23/h1-8,13-14,22H,9-12,16-17H2. The first-order valence-corrected chi connectivity index (χ1v) is 11.8. The van der Waals surface area contributed by atoms with Gasteiger partial charge in [-0.1, -0.05) is 24.3 Å². The van der Waals surface area contributed by atoms with Crippen LogP contribution in [0.15, 0.2) is 60.1 Å². The number of carbonyl (C=O) groups excluding carboxylic acids is 2. The highest BCUT2D eigenvalue weighted by molar-refractivity contribution is 7.11. The van der Waals surface area contributed by atoms with Gasteiger partial charge in [0.15, 0.2) is 5.01 Å². The molecule has 0 saturated carbocycles. The van der Waals surface area contributed by atoms with Crippen molar-refractivity contribution in [3.05, 3.63) is 76.2 Å². The van der Waals surface area contributed by atoms with Gasteiger partial charge in [0.25, 0.3) is 11.8 Å². The van der Waals surface area contributed by atoms with Crippen LogP contribution < -0.4 is 0 Å². The molecular weight excluding hydrogens is 434 g/mol. The molecule has 2 amide bonds. The smallest absolute Gasteiger partial charge is 0.282 e. The molecule has 0 aliphatic carbocycles. The van der Waals surface area contributed by atoms with Crippen LogP contribution in [0, 0.1) is 11.3 Å². The van der Waals surface area contributed by atoms with Crippen molar-refractivity contribution in [1.82, 2.24) is 19.7 Å². The van der Waals surface area contributed by atoms with Crippen molar-refractivity contribution in [3.8, 4) is 17.2 Å². The lowest BCUT2D eigenvalue weighted by Gasteiger charge is -2.48. The maximum atomic E-state index is 12.9. The maximum Gasteiger partial charge on any atom is 0.282 e. The Hall–Kier alpha value is -3.54. The van der Waals surface area contributed by atoms with Crippen molar-refractivity contribution in [1.29, 1.82) is 5.26 Å². The summed E-state index contributed by atoms with van der Waals surface area (Å²) in [5, 5.41) is 11.5. The Kier molecular flexibility index (Phi) is 5.90. The normalized spacial score (nSPS) is 16.8. The molecule has 2 saturated heterocycles. The lowest BCUT2D eigenvalue weighted by Crippen LogP contribution is -2.64. The fourth-order valence-electron chi connectivity index (χ4n) is 4.36. The molecule has 166 valence electrons. The summed E-state index contributed by atoms with van der Waals surface area (Å²) < 4.78 is 0. The van der Waals surface area contributed by atoms with Gasteiger partial charge in [-0.2, -0.15) is 5.26 Å². The quantitative estimate of drug-likeness (QED) is 0.602. The SMILES string of the molecule is N#Cc1cccc(-c2ccc(C(=O)N3CC(N4CCN(C(=O)c5nccs5)CC4)C3)cc2)c1. The minimum atomic E-state index is 0.0119. The lowest BCUT2D eigenvalue weighted by atomic mass is 10.00. The molecule has 7 nitrogen and oxygen atoms in total. The largest absolute Gasteiger partial charge is 0.335 e. The summed E-state index contributed by atoms with van der Waals surface area (Å²) in [5.74, 6) is 0.0546. The number of hydrogen-bond donors (Lipinski definition) is 0. The number of rotatable bonds is 4. The van der Waals surface area contributed by atoms with Gasteiger partial charge in [0.05, 0.1) is 11.6 Å². The van der Waals surface area contributed by atoms with E-state index < -0.39 is 0 Å². The van der Waals surface area contributed by atoms with E-state index in [9.17, 15) is 9.59 Å². The van der Waals surface area contributed by atoms with Crippen molar-refractivity contribution >= 4 is 23.2 Å². The van der Waals surface area contributed by atoms with Gasteiger partial charge in [0.2, 0.25) is 0 Å². The van der Waals surface area contributed by atoms with Crippen molar-refractivity contribution in [3.63, 3.8) is 0 Å². The molecule has 0 spiro atoms. The molecule has 5 rings (SSSR count). The fraction of sp³-hybridized carbons (Fsp3) is 0.280. The number of nitriles is 1. The van der Waals surface area contributed by atoms with E-state index >= 15 is 0 Å². The first-order valence-electron chi connectivity index (χ1n) is 10.9. The van der Waals surface area contributed by atoms with Gasteiger partial charge in [0, 0.05) is 62.5 Å². The van der Waals surface area contributed by atoms with E-state index in [4.69, 9.17) is 5.26 Å². The zero-order valence-corrected chi connectivity index (χ0v) is 18.9. The van der Waals surface area contributed by atoms with Gasteiger partial charge in [0.1, 0.15) is 0 Å². The summed E-state index contributed by atoms with van der Waals surface area (Å²) in [6.45, 7) is 4.45. The topological polar surface area (TPSA) is 80.5 Å². The van der Waals surface area contributed by atoms with E-state index in [1.807, 2.05) is 57.6 Å². The summed E-state index contributed by atoms with van der Waals surface area (Å²) in [4.78, 5) is 35.6. The molecule has 0 atom stereocenters. The summed E-state index contributed by atoms with van der Waals surface area (Å²) in [6, 6.07) is 17.5. The highest BCUT2D eigenvalue weighted by Crippen LogP contribution is 2.24. The predicted molar refractivity (Wildman–Crippen MR) is 126 cm³/mol. The second kappa shape index (κ2) is 9.14. The highest BCUT2D eigenvalue weighted by Gasteiger charge is 2.37. The zero-order chi connectivity index (χ0) is 22.8. The number of aromatic nitrogens is 1. The first-order chi connectivity index (χ1) is 16.1. The van der Waals surface area contributed by atoms with E-state index in [-0.39, 0.29) is 11.8 Å². The van der Waals surface area contributed by atoms with Gasteiger partial charge in [-0.3, -0.25) is 14.5 Å². The van der Waals surface area contributed by atoms with Crippen molar-refractivity contribution in [2.45, 2.75) is 6.04 Å². The van der Waals surface area contributed by atoms with Crippen LogP contribution >= 0.6 is 11.3 Å². The van der Waals surface area contributed by atoms with Crippen molar-refractivity contribution in [2.24, 2.45) is 0 Å². The van der Waals surface area contributed by atoms with Gasteiger partial charge < -0.3 is 9.80 Å². The third kappa shape index (κ3) is 4.38. The Morgan fingerprint density at radius 2 is 1.70 bits per heavy atom. The number of hydrogen-bond acceptors (Lipinski definition) is 6. The van der Waals surface area contributed by atoms with E-state index in [0.29, 0.717) is 48.4 Å². The molecule has 0 unspecified atom stereocenters. The monoisotopic (exact) mass is 457 g/mol. The Morgan fingerprint density at radius 1 is 0.939 bits per heavy atom. The number of nitrogens with zero attached hydrogens (tertiary/aromatic N) is 5. The van der Waals surface area contributed by atoms with Gasteiger partial charge >= 0.3 is 0 Å². The Bertz CT molecular complexity index is 1190. The van der Waals surface area contributed by atoms with E-state index in [2.05, 4.69) is 16.0 Å². The van der Waals surface area contributed by atoms with Gasteiger partial charge in [-0.05, 0) is 35.4 Å². The van der Waals surface area contributed by atoms with Gasteiger partial charge in [-0.25, -0.2) is 4.98 Å². The molecule has 3 heterocycles. The number of benzene rings is 2. The average Bonchev–Trinajstić information content (AvgIpc) is 3.38. The molecule has 0 radical (unpaired) electrons. The van der Waals surface area contributed by atoms with Crippen LogP contribution in [0.5, 0.6) is 0 Å². The summed E-state index contributed by atoms with van der Waals surface area (Å²) in [5.41, 5.74) is 3.24. The van der Waals surface area contributed by atoms with Crippen LogP contribution in [-0.4, -0.2) is 76.8 Å². The average molecular weight is 458 g/mol. The predicted octanol–water partition coefficient (Wildman–Crippen LogP) is 2.96. The molecule has 2 aliphatic rings. The van der Waals surface area contributed by atoms with E-state index in [0.717, 1.165) is 24.2 Å². The molecule has 0 bridgehead atoms. The van der Waals surface area contributed by atoms with Crippen LogP contribution in [0.2, 0.25) is 0 Å². The molecule has 2 fully saturated rings. The van der Waals surface area contributed by atoms with Crippen LogP contribution in [0.4, 0.5) is 0 Å². The van der Waals surface area contributed by atoms with E-state index in [1.165, 1.54) is 11.3 Å². The molecule has 8 heteroatoms. The third-order valence-electron chi connectivity index (χ3n) is 6.34. The minimum Gasteiger partial charge on any atom is -0.335 e. The van der Waals surface area contributed by atoms with Crippen molar-refractivity contribution < 1.29 is 9.59 Å². The second-order valence-corrected chi connectivity index (χ2v) is 9.19.